The molecule has 5 heteroatoms. The minimum Gasteiger partial charge on any atom is -0.464 e. The molecule has 1 unspecified atom stereocenters. The first-order chi connectivity index (χ1) is 11.8. The zero-order valence-corrected chi connectivity index (χ0v) is 18.1. The van der Waals surface area contributed by atoms with Crippen molar-refractivity contribution in [1.82, 2.24) is 0 Å². The van der Waals surface area contributed by atoms with Crippen molar-refractivity contribution in [2.75, 3.05) is 13.2 Å². The number of esters is 2. The maximum Gasteiger partial charge on any atom is 0.324 e. The topological polar surface area (TPSA) is 52.6 Å². The van der Waals surface area contributed by atoms with E-state index in [9.17, 15) is 9.59 Å². The van der Waals surface area contributed by atoms with Gasteiger partial charge in [-0.25, -0.2) is 0 Å². The zero-order valence-electron chi connectivity index (χ0n) is 16.5. The number of ether oxygens (including phenoxy) is 2. The molecule has 1 atom stereocenters. The second-order valence-electron chi connectivity index (χ2n) is 9.55. The van der Waals surface area contributed by atoms with Crippen LogP contribution in [0, 0.1) is 16.2 Å². The zero-order chi connectivity index (χ0) is 19.8. The summed E-state index contributed by atoms with van der Waals surface area (Å²) in [6.07, 6.45) is 0.431. The van der Waals surface area contributed by atoms with E-state index < -0.39 is 17.4 Å². The van der Waals surface area contributed by atoms with Crippen LogP contribution in [0.5, 0.6) is 0 Å². The van der Waals surface area contributed by atoms with E-state index in [-0.39, 0.29) is 30.0 Å². The largest absolute Gasteiger partial charge is 0.464 e. The minimum atomic E-state index is -1.22. The Labute approximate surface area is 164 Å². The Hall–Kier alpha value is -1.36. The Morgan fingerprint density at radius 2 is 1.38 bits per heavy atom. The van der Waals surface area contributed by atoms with Gasteiger partial charge in [0.1, 0.15) is 0 Å². The third-order valence-electron chi connectivity index (χ3n) is 4.23. The van der Waals surface area contributed by atoms with E-state index in [4.69, 9.17) is 9.47 Å². The van der Waals surface area contributed by atoms with Crippen molar-refractivity contribution in [2.45, 2.75) is 53.9 Å². The lowest BCUT2D eigenvalue weighted by atomic mass is 9.96. The van der Waals surface area contributed by atoms with E-state index in [1.54, 1.807) is 0 Å². The highest BCUT2D eigenvalue weighted by Crippen LogP contribution is 2.61. The Kier molecular flexibility index (Phi) is 5.91. The van der Waals surface area contributed by atoms with Gasteiger partial charge < -0.3 is 9.47 Å². The summed E-state index contributed by atoms with van der Waals surface area (Å²) in [7, 11) is 0. The first-order valence-corrected chi connectivity index (χ1v) is 9.74. The molecule has 1 aliphatic rings. The molecule has 0 aromatic heterocycles. The average molecular weight is 425 g/mol. The van der Waals surface area contributed by atoms with Crippen molar-refractivity contribution in [3.63, 3.8) is 0 Å². The van der Waals surface area contributed by atoms with E-state index in [1.165, 1.54) is 0 Å². The van der Waals surface area contributed by atoms with Crippen molar-refractivity contribution in [3.8, 4) is 0 Å². The smallest absolute Gasteiger partial charge is 0.324 e. The van der Waals surface area contributed by atoms with Gasteiger partial charge in [0.2, 0.25) is 0 Å². The van der Waals surface area contributed by atoms with Gasteiger partial charge in [0, 0.05) is 10.4 Å². The van der Waals surface area contributed by atoms with Gasteiger partial charge in [-0.1, -0.05) is 69.6 Å². The van der Waals surface area contributed by atoms with Crippen molar-refractivity contribution in [3.05, 3.63) is 34.3 Å². The second-order valence-corrected chi connectivity index (χ2v) is 10.5. The Morgan fingerprint density at radius 1 is 0.962 bits per heavy atom. The fourth-order valence-electron chi connectivity index (χ4n) is 2.72. The number of halogens is 1. The van der Waals surface area contributed by atoms with E-state index >= 15 is 0 Å². The molecule has 0 aliphatic heterocycles. The maximum absolute atomic E-state index is 12.9. The van der Waals surface area contributed by atoms with Crippen molar-refractivity contribution >= 4 is 27.9 Å². The maximum atomic E-state index is 12.9. The number of hydrogen-bond donors (Lipinski definition) is 0. The van der Waals surface area contributed by atoms with Gasteiger partial charge in [0.05, 0.1) is 13.2 Å². The number of carbonyl (C=O) groups excluding carboxylic acids is 2. The van der Waals surface area contributed by atoms with Crippen LogP contribution in [0.2, 0.25) is 0 Å². The van der Waals surface area contributed by atoms with Crippen LogP contribution in [0.15, 0.2) is 28.7 Å². The molecule has 0 radical (unpaired) electrons. The summed E-state index contributed by atoms with van der Waals surface area (Å²) < 4.78 is 12.0. The Morgan fingerprint density at radius 3 is 1.77 bits per heavy atom. The van der Waals surface area contributed by atoms with Gasteiger partial charge >= 0.3 is 11.9 Å². The summed E-state index contributed by atoms with van der Waals surface area (Å²) in [5.74, 6) is -1.14. The molecule has 1 saturated carbocycles. The average Bonchev–Trinajstić information content (AvgIpc) is 3.26. The van der Waals surface area contributed by atoms with Crippen LogP contribution in [-0.4, -0.2) is 25.2 Å². The highest BCUT2D eigenvalue weighted by atomic mass is 79.9. The minimum absolute atomic E-state index is 0.159. The SMILES string of the molecule is CC(C)(C)COC(=O)C1(C(=O)OCC(C)(C)C)CC1c1ccc(Br)cc1. The van der Waals surface area contributed by atoms with E-state index in [0.29, 0.717) is 6.42 Å². The molecule has 0 amide bonds. The lowest BCUT2D eigenvalue weighted by molar-refractivity contribution is -0.168. The van der Waals surface area contributed by atoms with Gasteiger partial charge in [0.15, 0.2) is 5.41 Å². The first kappa shape index (κ1) is 20.9. The second kappa shape index (κ2) is 7.34. The van der Waals surface area contributed by atoms with Gasteiger partial charge in [0.25, 0.3) is 0 Å². The summed E-state index contributed by atoms with van der Waals surface area (Å²) in [6, 6.07) is 7.70. The molecule has 0 saturated heterocycles. The van der Waals surface area contributed by atoms with E-state index in [1.807, 2.05) is 65.8 Å². The molecule has 26 heavy (non-hydrogen) atoms. The lowest BCUT2D eigenvalue weighted by Crippen LogP contribution is -2.35. The van der Waals surface area contributed by atoms with Gasteiger partial charge in [-0.3, -0.25) is 9.59 Å². The van der Waals surface area contributed by atoms with Crippen molar-refractivity contribution in [1.29, 1.82) is 0 Å². The van der Waals surface area contributed by atoms with Crippen LogP contribution in [0.1, 0.15) is 59.4 Å². The van der Waals surface area contributed by atoms with Crippen LogP contribution in [-0.2, 0) is 19.1 Å². The molecule has 0 heterocycles. The normalized spacial score (nSPS) is 19.0. The molecule has 4 nitrogen and oxygen atoms in total. The molecule has 0 spiro atoms. The van der Waals surface area contributed by atoms with Gasteiger partial charge in [-0.2, -0.15) is 0 Å². The Balaban J connectivity index is 2.21. The van der Waals surface area contributed by atoms with Gasteiger partial charge in [-0.15, -0.1) is 0 Å². The number of carbonyl (C=O) groups is 2. The molecule has 144 valence electrons. The standard InChI is InChI=1S/C21H29BrO4/c1-19(2,3)12-25-17(23)21(18(24)26-13-20(4,5)6)11-16(21)14-7-9-15(22)10-8-14/h7-10,16H,11-13H2,1-6H3. The third kappa shape index (κ3) is 5.09. The molecule has 1 aromatic carbocycles. The molecular weight excluding hydrogens is 396 g/mol. The lowest BCUT2D eigenvalue weighted by Gasteiger charge is -2.23. The van der Waals surface area contributed by atoms with Crippen LogP contribution >= 0.6 is 15.9 Å². The van der Waals surface area contributed by atoms with Crippen LogP contribution in [0.4, 0.5) is 0 Å². The summed E-state index contributed by atoms with van der Waals surface area (Å²) >= 11 is 3.41. The number of hydrogen-bond acceptors (Lipinski definition) is 4. The molecule has 0 N–H and O–H groups in total. The number of benzene rings is 1. The first-order valence-electron chi connectivity index (χ1n) is 8.95. The molecular formula is C21H29BrO4. The van der Waals surface area contributed by atoms with E-state index in [0.717, 1.165) is 10.0 Å². The third-order valence-corrected chi connectivity index (χ3v) is 4.76. The van der Waals surface area contributed by atoms with Crippen LogP contribution in [0.25, 0.3) is 0 Å². The predicted molar refractivity (Wildman–Crippen MR) is 105 cm³/mol. The molecule has 1 fully saturated rings. The molecule has 0 bridgehead atoms. The molecule has 2 rings (SSSR count). The quantitative estimate of drug-likeness (QED) is 0.487. The summed E-state index contributed by atoms with van der Waals surface area (Å²) in [4.78, 5) is 25.7. The predicted octanol–water partition coefficient (Wildman–Crippen LogP) is 5.10. The van der Waals surface area contributed by atoms with Crippen molar-refractivity contribution in [2.24, 2.45) is 16.2 Å². The highest BCUT2D eigenvalue weighted by Gasteiger charge is 2.68. The summed E-state index contributed by atoms with van der Waals surface area (Å²) in [6.45, 7) is 12.5. The fraction of sp³-hybridized carbons (Fsp3) is 0.619. The molecule has 1 aromatic rings. The van der Waals surface area contributed by atoms with Gasteiger partial charge in [-0.05, 0) is 34.9 Å². The number of rotatable bonds is 5. The van der Waals surface area contributed by atoms with E-state index in [2.05, 4.69) is 15.9 Å². The van der Waals surface area contributed by atoms with Crippen LogP contribution in [0.3, 0.4) is 0 Å². The highest BCUT2D eigenvalue weighted by molar-refractivity contribution is 9.10. The fourth-order valence-corrected chi connectivity index (χ4v) is 2.98. The Bertz CT molecular complexity index is 635. The summed E-state index contributed by atoms with van der Waals surface area (Å²) in [5, 5.41) is 0. The summed E-state index contributed by atoms with van der Waals surface area (Å²) in [5.41, 5.74) is -0.583. The molecule has 1 aliphatic carbocycles. The van der Waals surface area contributed by atoms with Crippen molar-refractivity contribution < 1.29 is 19.1 Å². The van der Waals surface area contributed by atoms with Crippen LogP contribution < -0.4 is 0 Å². The monoisotopic (exact) mass is 424 g/mol.